The third-order valence-electron chi connectivity index (χ3n) is 5.56. The Morgan fingerprint density at radius 2 is 1.81 bits per heavy atom. The summed E-state index contributed by atoms with van der Waals surface area (Å²) in [4.78, 5) is 33.3. The molecular weight excluding hydrogens is 390 g/mol. The molecule has 0 bridgehead atoms. The lowest BCUT2D eigenvalue weighted by molar-refractivity contribution is -0.126. The van der Waals surface area contributed by atoms with E-state index in [-0.39, 0.29) is 18.1 Å². The molecule has 0 saturated heterocycles. The first-order chi connectivity index (χ1) is 14.7. The van der Waals surface area contributed by atoms with Crippen LogP contribution in [0.25, 0.3) is 21.8 Å². The molecule has 7 heteroatoms. The van der Waals surface area contributed by atoms with Gasteiger partial charge in [-0.3, -0.25) is 14.2 Å². The Kier molecular flexibility index (Phi) is 5.19. The summed E-state index contributed by atoms with van der Waals surface area (Å²) in [6.45, 7) is 5.59. The third-order valence-corrected chi connectivity index (χ3v) is 5.56. The van der Waals surface area contributed by atoms with Crippen LogP contribution in [0.5, 0.6) is 0 Å². The largest absolute Gasteiger partial charge is 0.369 e. The highest BCUT2D eigenvalue weighted by molar-refractivity contribution is 5.83. The molecule has 4 aromatic rings. The second-order valence-corrected chi connectivity index (χ2v) is 8.45. The monoisotopic (exact) mass is 415 g/mol. The second kappa shape index (κ2) is 7.83. The quantitative estimate of drug-likeness (QED) is 0.501. The van der Waals surface area contributed by atoms with Gasteiger partial charge in [-0.15, -0.1) is 0 Å². The molecule has 3 N–H and O–H groups in total. The molecule has 0 radical (unpaired) electrons. The Morgan fingerprint density at radius 1 is 1.10 bits per heavy atom. The number of amides is 1. The van der Waals surface area contributed by atoms with Crippen LogP contribution in [0.3, 0.4) is 0 Å². The Morgan fingerprint density at radius 3 is 2.55 bits per heavy atom. The number of primary amides is 1. The molecule has 0 fully saturated rings. The van der Waals surface area contributed by atoms with Crippen molar-refractivity contribution in [2.24, 2.45) is 11.1 Å². The van der Waals surface area contributed by atoms with Crippen molar-refractivity contribution in [1.82, 2.24) is 14.5 Å². The van der Waals surface area contributed by atoms with E-state index in [1.165, 1.54) is 16.0 Å². The van der Waals surface area contributed by atoms with Crippen LogP contribution >= 0.6 is 0 Å². The van der Waals surface area contributed by atoms with E-state index in [0.717, 1.165) is 10.9 Å². The van der Waals surface area contributed by atoms with Crippen molar-refractivity contribution < 1.29 is 4.79 Å². The number of nitrogens with two attached hydrogens (primary N) is 1. The maximum Gasteiger partial charge on any atom is 0.252 e. The Labute approximate surface area is 179 Å². The first-order valence-electron chi connectivity index (χ1n) is 10.2. The normalized spacial score (nSPS) is 12.7. The van der Waals surface area contributed by atoms with Gasteiger partial charge in [0.15, 0.2) is 0 Å². The Hall–Kier alpha value is -3.74. The van der Waals surface area contributed by atoms with E-state index in [1.54, 1.807) is 26.1 Å². The van der Waals surface area contributed by atoms with Crippen molar-refractivity contribution in [3.8, 4) is 0 Å². The van der Waals surface area contributed by atoms with Crippen LogP contribution in [0.1, 0.15) is 32.4 Å². The van der Waals surface area contributed by atoms with E-state index >= 15 is 0 Å². The predicted molar refractivity (Wildman–Crippen MR) is 123 cm³/mol. The van der Waals surface area contributed by atoms with Gasteiger partial charge in [0, 0.05) is 24.2 Å². The minimum absolute atomic E-state index is 0.0481. The number of nitrogens with zero attached hydrogens (tertiary/aromatic N) is 3. The lowest BCUT2D eigenvalue weighted by Gasteiger charge is -2.22. The molecule has 1 amide bonds. The molecule has 0 aliphatic heterocycles. The lowest BCUT2D eigenvalue weighted by atomic mass is 9.92. The van der Waals surface area contributed by atoms with Crippen LogP contribution in [-0.4, -0.2) is 20.4 Å². The molecule has 2 aromatic carbocycles. The second-order valence-electron chi connectivity index (χ2n) is 8.45. The zero-order chi connectivity index (χ0) is 22.2. The fraction of sp³-hybridized carbons (Fsp3) is 0.250. The first kappa shape index (κ1) is 20.5. The number of nitrogens with one attached hydrogen (secondary N) is 1. The van der Waals surface area contributed by atoms with E-state index in [9.17, 15) is 9.59 Å². The van der Waals surface area contributed by atoms with E-state index in [2.05, 4.69) is 45.6 Å². The van der Waals surface area contributed by atoms with Crippen molar-refractivity contribution in [3.63, 3.8) is 0 Å². The topological polar surface area (TPSA) is 103 Å². The van der Waals surface area contributed by atoms with Crippen molar-refractivity contribution in [2.45, 2.75) is 33.4 Å². The Bertz CT molecular complexity index is 1340. The van der Waals surface area contributed by atoms with Gasteiger partial charge in [0.2, 0.25) is 11.9 Å². The van der Waals surface area contributed by atoms with Crippen LogP contribution < -0.4 is 16.6 Å². The van der Waals surface area contributed by atoms with Crippen molar-refractivity contribution >= 4 is 33.7 Å². The highest BCUT2D eigenvalue weighted by Crippen LogP contribution is 2.24. The van der Waals surface area contributed by atoms with Gasteiger partial charge >= 0.3 is 0 Å². The SMILES string of the molecule is CC(Nc1ncc2ccc(=O)n(CC(C)(C)C(N)=O)c2n1)c1ccc2ccccc2c1. The molecule has 0 saturated carbocycles. The smallest absolute Gasteiger partial charge is 0.252 e. The van der Waals surface area contributed by atoms with Crippen LogP contribution in [-0.2, 0) is 11.3 Å². The number of rotatable bonds is 6. The third kappa shape index (κ3) is 4.12. The number of hydrogen-bond donors (Lipinski definition) is 2. The van der Waals surface area contributed by atoms with Crippen LogP contribution in [0.2, 0.25) is 0 Å². The van der Waals surface area contributed by atoms with Gasteiger partial charge in [0.05, 0.1) is 11.5 Å². The summed E-state index contributed by atoms with van der Waals surface area (Å²) < 4.78 is 1.48. The first-order valence-corrected chi connectivity index (χ1v) is 10.2. The molecule has 2 heterocycles. The van der Waals surface area contributed by atoms with Gasteiger partial charge in [0.1, 0.15) is 5.65 Å². The molecule has 1 unspecified atom stereocenters. The van der Waals surface area contributed by atoms with E-state index < -0.39 is 11.3 Å². The minimum Gasteiger partial charge on any atom is -0.369 e. The zero-order valence-electron chi connectivity index (χ0n) is 17.8. The van der Waals surface area contributed by atoms with Gasteiger partial charge in [-0.25, -0.2) is 4.98 Å². The van der Waals surface area contributed by atoms with E-state index in [4.69, 9.17) is 5.73 Å². The molecule has 0 aliphatic rings. The average Bonchev–Trinajstić information content (AvgIpc) is 2.75. The van der Waals surface area contributed by atoms with E-state index in [0.29, 0.717) is 17.0 Å². The highest BCUT2D eigenvalue weighted by Gasteiger charge is 2.27. The molecular formula is C24H25N5O2. The van der Waals surface area contributed by atoms with Gasteiger partial charge in [-0.05, 0) is 49.2 Å². The minimum atomic E-state index is -0.894. The van der Waals surface area contributed by atoms with Crippen LogP contribution in [0.4, 0.5) is 5.95 Å². The number of hydrogen-bond acceptors (Lipinski definition) is 5. The summed E-state index contributed by atoms with van der Waals surface area (Å²) >= 11 is 0. The van der Waals surface area contributed by atoms with Crippen LogP contribution in [0.15, 0.2) is 65.6 Å². The summed E-state index contributed by atoms with van der Waals surface area (Å²) in [6, 6.07) is 17.6. The summed E-state index contributed by atoms with van der Waals surface area (Å²) in [5.74, 6) is -0.0712. The average molecular weight is 415 g/mol. The molecule has 158 valence electrons. The maximum absolute atomic E-state index is 12.5. The van der Waals surface area contributed by atoms with Gasteiger partial charge in [-0.1, -0.05) is 36.4 Å². The number of anilines is 1. The molecule has 0 aliphatic carbocycles. The number of carbonyl (C=O) groups is 1. The van der Waals surface area contributed by atoms with Crippen molar-refractivity contribution in [2.75, 3.05) is 5.32 Å². The highest BCUT2D eigenvalue weighted by atomic mass is 16.1. The van der Waals surface area contributed by atoms with Gasteiger partial charge < -0.3 is 11.1 Å². The molecule has 2 aromatic heterocycles. The van der Waals surface area contributed by atoms with Crippen LogP contribution in [0, 0.1) is 5.41 Å². The zero-order valence-corrected chi connectivity index (χ0v) is 17.8. The summed E-state index contributed by atoms with van der Waals surface area (Å²) in [7, 11) is 0. The summed E-state index contributed by atoms with van der Waals surface area (Å²) in [5, 5.41) is 6.37. The van der Waals surface area contributed by atoms with Crippen molar-refractivity contribution in [3.05, 3.63) is 76.7 Å². The summed E-state index contributed by atoms with van der Waals surface area (Å²) in [6.07, 6.45) is 1.67. The maximum atomic E-state index is 12.5. The standard InChI is InChI=1S/C24H25N5O2/c1-15(17-9-8-16-6-4-5-7-18(16)12-17)27-23-26-13-19-10-11-20(30)29(21(19)28-23)14-24(2,3)22(25)31/h4-13,15H,14H2,1-3H3,(H2,25,31)(H,26,27,28). The number of carbonyl (C=O) groups excluding carboxylic acids is 1. The molecule has 0 spiro atoms. The Balaban J connectivity index is 1.68. The fourth-order valence-electron chi connectivity index (χ4n) is 3.52. The fourth-order valence-corrected chi connectivity index (χ4v) is 3.52. The van der Waals surface area contributed by atoms with E-state index in [1.807, 2.05) is 19.1 Å². The number of aromatic nitrogens is 3. The molecule has 1 atom stereocenters. The van der Waals surface area contributed by atoms with Crippen molar-refractivity contribution in [1.29, 1.82) is 0 Å². The lowest BCUT2D eigenvalue weighted by Crippen LogP contribution is -2.38. The van der Waals surface area contributed by atoms with Gasteiger partial charge in [-0.2, -0.15) is 4.98 Å². The predicted octanol–water partition coefficient (Wildman–Crippen LogP) is 3.63. The number of benzene rings is 2. The molecule has 7 nitrogen and oxygen atoms in total. The number of fused-ring (bicyclic) bond motifs is 2. The summed E-state index contributed by atoms with van der Waals surface area (Å²) in [5.41, 5.74) is 5.94. The molecule has 4 rings (SSSR count). The van der Waals surface area contributed by atoms with Gasteiger partial charge in [0.25, 0.3) is 5.56 Å². The molecule has 31 heavy (non-hydrogen) atoms. The number of pyridine rings is 1.